The van der Waals surface area contributed by atoms with Gasteiger partial charge in [0.25, 0.3) is 0 Å². The topological polar surface area (TPSA) is 0 Å². The van der Waals surface area contributed by atoms with Crippen molar-refractivity contribution in [2.75, 3.05) is 0 Å². The van der Waals surface area contributed by atoms with Crippen molar-refractivity contribution >= 4 is 3.90 Å². The summed E-state index contributed by atoms with van der Waals surface area (Å²) in [5, 5.41) is 0. The second-order valence-corrected chi connectivity index (χ2v) is 5.81. The zero-order valence-electron chi connectivity index (χ0n) is 7.48. The summed E-state index contributed by atoms with van der Waals surface area (Å²) >= 11 is 1.69. The third-order valence-electron chi connectivity index (χ3n) is 1.27. The van der Waals surface area contributed by atoms with Gasteiger partial charge in [-0.15, -0.1) is 0 Å². The molecule has 0 radical (unpaired) electrons. The van der Waals surface area contributed by atoms with Crippen LogP contribution >= 0.6 is 0 Å². The van der Waals surface area contributed by atoms with E-state index >= 15 is 0 Å². The minimum atomic E-state index is 0.853. The molecular weight excluding hydrogens is 292 g/mol. The predicted octanol–water partition coefficient (Wildman–Crippen LogP) is 2.80. The first-order valence-electron chi connectivity index (χ1n) is 4.04. The van der Waals surface area contributed by atoms with E-state index in [4.69, 9.17) is 0 Å². The summed E-state index contributed by atoms with van der Waals surface area (Å²) in [5.74, 6) is 1.71. The maximum atomic E-state index is 2.29. The Bertz CT molecular complexity index is 91.3. The molecule has 0 N–H and O–H groups in total. The van der Waals surface area contributed by atoms with Crippen molar-refractivity contribution in [3.63, 3.8) is 0 Å². The summed E-state index contributed by atoms with van der Waals surface area (Å²) in [4.78, 5) is 0. The Hall–Kier alpha value is 0.558. The monoisotopic (exact) mass is 310 g/mol. The average molecular weight is 310 g/mol. The molecule has 0 aliphatic carbocycles. The van der Waals surface area contributed by atoms with Gasteiger partial charge < -0.3 is 0 Å². The van der Waals surface area contributed by atoms with E-state index in [1.165, 1.54) is 12.8 Å². The molecule has 0 bridgehead atoms. The normalized spacial score (nSPS) is 11.0. The van der Waals surface area contributed by atoms with E-state index in [0.717, 1.165) is 11.8 Å². The summed E-state index contributed by atoms with van der Waals surface area (Å²) in [6.45, 7) is 9.18. The van der Waals surface area contributed by atoms with Crippen LogP contribution in [0.1, 0.15) is 40.5 Å². The molecule has 0 saturated carbocycles. The van der Waals surface area contributed by atoms with Crippen molar-refractivity contribution in [2.45, 2.75) is 40.5 Å². The summed E-state index contributed by atoms with van der Waals surface area (Å²) in [7, 11) is 0. The van der Waals surface area contributed by atoms with E-state index in [2.05, 4.69) is 27.7 Å². The number of hydrogen-bond donors (Lipinski definition) is 0. The van der Waals surface area contributed by atoms with Gasteiger partial charge in [0.2, 0.25) is 0 Å². The summed E-state index contributed by atoms with van der Waals surface area (Å²) in [5.41, 5.74) is 0. The van der Waals surface area contributed by atoms with Crippen LogP contribution in [0.25, 0.3) is 0 Å². The molecule has 0 fully saturated rings. The van der Waals surface area contributed by atoms with Gasteiger partial charge in [-0.1, -0.05) is 0 Å². The Morgan fingerprint density at radius 1 is 1.00 bits per heavy atom. The molecule has 0 aromatic carbocycles. The molecular formula is C9H18W. The molecule has 0 spiro atoms. The molecule has 0 aliphatic rings. The van der Waals surface area contributed by atoms with Crippen molar-refractivity contribution in [1.29, 1.82) is 0 Å². The fraction of sp³-hybridized carbons (Fsp3) is 0.889. The molecule has 1 heteroatoms. The van der Waals surface area contributed by atoms with Gasteiger partial charge in [0, 0.05) is 0 Å². The Morgan fingerprint density at radius 3 is 1.50 bits per heavy atom. The molecule has 0 unspecified atom stereocenters. The van der Waals surface area contributed by atoms with Crippen molar-refractivity contribution in [3.05, 3.63) is 0 Å². The van der Waals surface area contributed by atoms with Gasteiger partial charge in [0.1, 0.15) is 0 Å². The SMILES string of the molecule is CC(C)C[C](=[W])CC(C)C. The molecule has 0 aromatic heterocycles. The van der Waals surface area contributed by atoms with Gasteiger partial charge in [0.15, 0.2) is 0 Å². The summed E-state index contributed by atoms with van der Waals surface area (Å²) in [6.07, 6.45) is 2.68. The Kier molecular flexibility index (Phi) is 5.53. The average Bonchev–Trinajstić information content (AvgIpc) is 1.58. The van der Waals surface area contributed by atoms with Gasteiger partial charge in [-0.2, -0.15) is 0 Å². The molecule has 0 atom stereocenters. The first kappa shape index (κ1) is 10.6. The van der Waals surface area contributed by atoms with Crippen LogP contribution in [0.2, 0.25) is 0 Å². The predicted molar refractivity (Wildman–Crippen MR) is 43.9 cm³/mol. The second-order valence-electron chi connectivity index (χ2n) is 3.73. The number of hydrogen-bond acceptors (Lipinski definition) is 0. The first-order valence-corrected chi connectivity index (χ1v) is 5.50. The number of rotatable bonds is 4. The molecule has 0 aromatic rings. The van der Waals surface area contributed by atoms with Crippen molar-refractivity contribution < 1.29 is 19.4 Å². The van der Waals surface area contributed by atoms with E-state index in [-0.39, 0.29) is 0 Å². The van der Waals surface area contributed by atoms with Gasteiger partial charge >= 0.3 is 75.6 Å². The van der Waals surface area contributed by atoms with Crippen LogP contribution in [0.3, 0.4) is 0 Å². The maximum absolute atomic E-state index is 2.29. The van der Waals surface area contributed by atoms with Crippen molar-refractivity contribution in [1.82, 2.24) is 0 Å². The molecule has 0 heterocycles. The van der Waals surface area contributed by atoms with E-state index in [1.807, 2.05) is 0 Å². The van der Waals surface area contributed by atoms with Crippen molar-refractivity contribution in [2.24, 2.45) is 11.8 Å². The summed E-state index contributed by atoms with van der Waals surface area (Å²) < 4.78 is 1.74. The molecule has 10 heavy (non-hydrogen) atoms. The first-order chi connectivity index (χ1) is 4.52. The molecule has 0 saturated heterocycles. The fourth-order valence-corrected chi connectivity index (χ4v) is 3.39. The Morgan fingerprint density at radius 2 is 1.30 bits per heavy atom. The molecule has 60 valence electrons. The summed E-state index contributed by atoms with van der Waals surface area (Å²) in [6, 6.07) is 0. The Balaban J connectivity index is 3.44. The quantitative estimate of drug-likeness (QED) is 0.749. The Labute approximate surface area is 75.8 Å². The van der Waals surface area contributed by atoms with Crippen LogP contribution in [-0.4, -0.2) is 3.90 Å². The molecule has 0 rings (SSSR count). The zero-order valence-corrected chi connectivity index (χ0v) is 10.4. The van der Waals surface area contributed by atoms with E-state index < -0.39 is 0 Å². The molecule has 0 nitrogen and oxygen atoms in total. The van der Waals surface area contributed by atoms with Crippen LogP contribution < -0.4 is 0 Å². The standard InChI is InChI=1S/C9H18.W/c1-8(2)6-5-7-9(3)4;/h8-9H,6-7H2,1-4H3;. The van der Waals surface area contributed by atoms with E-state index in [0.29, 0.717) is 0 Å². The van der Waals surface area contributed by atoms with Gasteiger partial charge in [-0.05, 0) is 0 Å². The van der Waals surface area contributed by atoms with Crippen LogP contribution in [-0.2, 0) is 19.4 Å². The molecule has 0 aliphatic heterocycles. The van der Waals surface area contributed by atoms with Crippen LogP contribution in [0.15, 0.2) is 0 Å². The van der Waals surface area contributed by atoms with Crippen LogP contribution in [0, 0.1) is 11.8 Å². The molecule has 0 amide bonds. The van der Waals surface area contributed by atoms with Gasteiger partial charge in [-0.25, -0.2) is 0 Å². The zero-order chi connectivity index (χ0) is 8.15. The van der Waals surface area contributed by atoms with Gasteiger partial charge in [0.05, 0.1) is 0 Å². The fourth-order valence-electron chi connectivity index (χ4n) is 0.994. The second kappa shape index (κ2) is 5.24. The van der Waals surface area contributed by atoms with Crippen LogP contribution in [0.4, 0.5) is 0 Å². The van der Waals surface area contributed by atoms with E-state index in [1.54, 1.807) is 23.3 Å². The van der Waals surface area contributed by atoms with Gasteiger partial charge in [-0.3, -0.25) is 0 Å². The minimum absolute atomic E-state index is 0.853. The third-order valence-corrected chi connectivity index (χ3v) is 2.47. The van der Waals surface area contributed by atoms with Crippen molar-refractivity contribution in [3.8, 4) is 0 Å². The van der Waals surface area contributed by atoms with Crippen LogP contribution in [0.5, 0.6) is 0 Å². The third kappa shape index (κ3) is 6.68. The van der Waals surface area contributed by atoms with E-state index in [9.17, 15) is 0 Å².